The van der Waals surface area contributed by atoms with Crippen LogP contribution in [0.5, 0.6) is 11.5 Å². The van der Waals surface area contributed by atoms with Crippen molar-refractivity contribution in [2.75, 3.05) is 19.1 Å². The standard InChI is InChI=1S/C20H18N2O5/c1-12-21-16(10-13-4-9-17(26-2)18(11-13)27-3)19(23)22(12)15-7-5-14(6-8-15)20(24)25/h4-11H,1-3H3,(H,24,25)/p-1/b16-10-. The Balaban J connectivity index is 1.90. The molecule has 0 aliphatic carbocycles. The summed E-state index contributed by atoms with van der Waals surface area (Å²) in [7, 11) is 3.09. The molecule has 1 aliphatic heterocycles. The first-order chi connectivity index (χ1) is 12.9. The number of aliphatic imine (C=N–C) groups is 1. The molecule has 0 aromatic heterocycles. The maximum atomic E-state index is 12.8. The Morgan fingerprint density at radius 2 is 1.74 bits per heavy atom. The Morgan fingerprint density at radius 3 is 2.33 bits per heavy atom. The third-order valence-corrected chi connectivity index (χ3v) is 4.10. The summed E-state index contributed by atoms with van der Waals surface area (Å²) in [5.74, 6) is 0.0598. The Morgan fingerprint density at radius 1 is 1.07 bits per heavy atom. The van der Waals surface area contributed by atoms with Gasteiger partial charge in [-0.25, -0.2) is 4.99 Å². The number of benzene rings is 2. The van der Waals surface area contributed by atoms with Crippen LogP contribution in [-0.4, -0.2) is 31.9 Å². The fourth-order valence-electron chi connectivity index (χ4n) is 2.78. The van der Waals surface area contributed by atoms with Crippen LogP contribution >= 0.6 is 0 Å². The van der Waals surface area contributed by atoms with Crippen molar-refractivity contribution in [3.8, 4) is 11.5 Å². The number of anilines is 1. The summed E-state index contributed by atoms with van der Waals surface area (Å²) in [5, 5.41) is 10.9. The highest BCUT2D eigenvalue weighted by molar-refractivity contribution is 6.28. The minimum atomic E-state index is -1.27. The van der Waals surface area contributed by atoms with E-state index in [2.05, 4.69) is 4.99 Å². The molecule has 7 heteroatoms. The van der Waals surface area contributed by atoms with Crippen molar-refractivity contribution in [3.05, 3.63) is 59.3 Å². The zero-order chi connectivity index (χ0) is 19.6. The van der Waals surface area contributed by atoms with Gasteiger partial charge in [0.1, 0.15) is 11.5 Å². The van der Waals surface area contributed by atoms with Crippen molar-refractivity contribution in [1.29, 1.82) is 0 Å². The highest BCUT2D eigenvalue weighted by atomic mass is 16.5. The molecule has 0 atom stereocenters. The lowest BCUT2D eigenvalue weighted by molar-refractivity contribution is -0.255. The van der Waals surface area contributed by atoms with Crippen molar-refractivity contribution in [2.24, 2.45) is 4.99 Å². The summed E-state index contributed by atoms with van der Waals surface area (Å²) in [6, 6.07) is 11.2. The SMILES string of the molecule is COc1ccc(/C=C2\N=C(C)N(c3ccc(C(=O)[O-])cc3)C2=O)cc1OC. The van der Waals surface area contributed by atoms with Crippen LogP contribution in [0, 0.1) is 0 Å². The molecule has 1 amide bonds. The molecule has 1 heterocycles. The second-order valence-electron chi connectivity index (χ2n) is 5.78. The number of hydrogen-bond donors (Lipinski definition) is 0. The molecule has 0 bridgehead atoms. The Labute approximate surface area is 156 Å². The number of methoxy groups -OCH3 is 2. The van der Waals surface area contributed by atoms with Crippen molar-refractivity contribution in [3.63, 3.8) is 0 Å². The van der Waals surface area contributed by atoms with E-state index in [1.165, 1.54) is 24.1 Å². The van der Waals surface area contributed by atoms with Gasteiger partial charge in [-0.2, -0.15) is 0 Å². The number of amidine groups is 1. The highest BCUT2D eigenvalue weighted by Gasteiger charge is 2.28. The second-order valence-corrected chi connectivity index (χ2v) is 5.78. The molecule has 138 valence electrons. The number of rotatable bonds is 5. The van der Waals surface area contributed by atoms with E-state index in [4.69, 9.17) is 9.47 Å². The first-order valence-electron chi connectivity index (χ1n) is 8.09. The van der Waals surface area contributed by atoms with Gasteiger partial charge in [0, 0.05) is 0 Å². The normalized spacial score (nSPS) is 15.1. The summed E-state index contributed by atoms with van der Waals surface area (Å²) in [6.45, 7) is 1.71. The predicted molar refractivity (Wildman–Crippen MR) is 98.9 cm³/mol. The molecule has 3 rings (SSSR count). The molecule has 0 saturated carbocycles. The predicted octanol–water partition coefficient (Wildman–Crippen LogP) is 1.87. The van der Waals surface area contributed by atoms with Gasteiger partial charge in [-0.15, -0.1) is 0 Å². The van der Waals surface area contributed by atoms with Gasteiger partial charge in [0.15, 0.2) is 11.5 Å². The van der Waals surface area contributed by atoms with E-state index < -0.39 is 5.97 Å². The average Bonchev–Trinajstić information content (AvgIpc) is 2.94. The molecule has 0 N–H and O–H groups in total. The Hall–Kier alpha value is -3.61. The minimum absolute atomic E-state index is 0.0427. The van der Waals surface area contributed by atoms with Crippen LogP contribution in [0.3, 0.4) is 0 Å². The average molecular weight is 365 g/mol. The van der Waals surface area contributed by atoms with E-state index in [1.807, 2.05) is 0 Å². The molecule has 0 spiro atoms. The van der Waals surface area contributed by atoms with Gasteiger partial charge in [-0.1, -0.05) is 18.2 Å². The van der Waals surface area contributed by atoms with Gasteiger partial charge < -0.3 is 19.4 Å². The lowest BCUT2D eigenvalue weighted by Gasteiger charge is -2.16. The summed E-state index contributed by atoms with van der Waals surface area (Å²) < 4.78 is 10.5. The summed E-state index contributed by atoms with van der Waals surface area (Å²) in [6.07, 6.45) is 1.66. The van der Waals surface area contributed by atoms with E-state index >= 15 is 0 Å². The monoisotopic (exact) mass is 365 g/mol. The minimum Gasteiger partial charge on any atom is -0.545 e. The summed E-state index contributed by atoms with van der Waals surface area (Å²) >= 11 is 0. The number of carbonyl (C=O) groups is 2. The summed E-state index contributed by atoms with van der Waals surface area (Å²) in [5.41, 5.74) is 1.58. The van der Waals surface area contributed by atoms with Gasteiger partial charge in [0.05, 0.1) is 25.9 Å². The molecule has 0 unspecified atom stereocenters. The summed E-state index contributed by atoms with van der Waals surface area (Å²) in [4.78, 5) is 29.4. The van der Waals surface area contributed by atoms with E-state index in [0.29, 0.717) is 23.0 Å². The van der Waals surface area contributed by atoms with Crippen molar-refractivity contribution < 1.29 is 24.2 Å². The maximum absolute atomic E-state index is 12.8. The van der Waals surface area contributed by atoms with E-state index in [-0.39, 0.29) is 17.2 Å². The van der Waals surface area contributed by atoms with Gasteiger partial charge in [0.25, 0.3) is 5.91 Å². The smallest absolute Gasteiger partial charge is 0.282 e. The van der Waals surface area contributed by atoms with Crippen molar-refractivity contribution >= 4 is 29.5 Å². The molecule has 27 heavy (non-hydrogen) atoms. The topological polar surface area (TPSA) is 91.3 Å². The fraction of sp³-hybridized carbons (Fsp3) is 0.150. The van der Waals surface area contributed by atoms with Crippen molar-refractivity contribution in [2.45, 2.75) is 6.92 Å². The van der Waals surface area contributed by atoms with Gasteiger partial charge in [0.2, 0.25) is 0 Å². The Bertz CT molecular complexity index is 961. The van der Waals surface area contributed by atoms with Crippen LogP contribution in [0.4, 0.5) is 5.69 Å². The van der Waals surface area contributed by atoms with Crippen LogP contribution in [0.25, 0.3) is 6.08 Å². The molecular formula is C20H17N2O5-. The number of carbonyl (C=O) groups excluding carboxylic acids is 2. The molecule has 0 saturated heterocycles. The van der Waals surface area contributed by atoms with E-state index in [1.54, 1.807) is 50.4 Å². The van der Waals surface area contributed by atoms with Crippen LogP contribution in [0.1, 0.15) is 22.8 Å². The number of hydrogen-bond acceptors (Lipinski definition) is 6. The molecule has 0 fully saturated rings. The third-order valence-electron chi connectivity index (χ3n) is 4.10. The lowest BCUT2D eigenvalue weighted by Crippen LogP contribution is -2.30. The molecule has 2 aromatic rings. The van der Waals surface area contributed by atoms with Crippen LogP contribution in [0.15, 0.2) is 53.2 Å². The van der Waals surface area contributed by atoms with Crippen LogP contribution in [0.2, 0.25) is 0 Å². The second kappa shape index (κ2) is 7.33. The van der Waals surface area contributed by atoms with Crippen molar-refractivity contribution in [1.82, 2.24) is 0 Å². The molecule has 1 aliphatic rings. The number of nitrogens with zero attached hydrogens (tertiary/aromatic N) is 2. The number of carboxylic acid groups (broad SMARTS) is 1. The first kappa shape index (κ1) is 18.2. The zero-order valence-corrected chi connectivity index (χ0v) is 15.1. The number of amides is 1. The van der Waals surface area contributed by atoms with Gasteiger partial charge in [-0.3, -0.25) is 9.69 Å². The quantitative estimate of drug-likeness (QED) is 0.755. The fourth-order valence-corrected chi connectivity index (χ4v) is 2.78. The number of aromatic carboxylic acids is 1. The number of ether oxygens (including phenoxy) is 2. The first-order valence-corrected chi connectivity index (χ1v) is 8.09. The lowest BCUT2D eigenvalue weighted by atomic mass is 10.1. The Kier molecular flexibility index (Phi) is 4.94. The highest BCUT2D eigenvalue weighted by Crippen LogP contribution is 2.30. The molecular weight excluding hydrogens is 348 g/mol. The van der Waals surface area contributed by atoms with Gasteiger partial charge in [-0.05, 0) is 48.4 Å². The van der Waals surface area contributed by atoms with Crippen LogP contribution in [-0.2, 0) is 4.79 Å². The molecule has 7 nitrogen and oxygen atoms in total. The van der Waals surface area contributed by atoms with Gasteiger partial charge >= 0.3 is 0 Å². The molecule has 2 aromatic carbocycles. The third kappa shape index (κ3) is 3.52. The van der Waals surface area contributed by atoms with E-state index in [0.717, 1.165) is 5.56 Å². The maximum Gasteiger partial charge on any atom is 0.282 e. The zero-order valence-electron chi connectivity index (χ0n) is 15.1. The number of carboxylic acids is 1. The van der Waals surface area contributed by atoms with E-state index in [9.17, 15) is 14.7 Å². The largest absolute Gasteiger partial charge is 0.545 e. The van der Waals surface area contributed by atoms with Crippen LogP contribution < -0.4 is 19.5 Å². The molecule has 0 radical (unpaired) electrons.